The average molecular weight is 197 g/mol. The van der Waals surface area contributed by atoms with Crippen LogP contribution in [0.4, 0.5) is 0 Å². The predicted octanol–water partition coefficient (Wildman–Crippen LogP) is 2.02. The van der Waals surface area contributed by atoms with Gasteiger partial charge >= 0.3 is 0 Å². The first kappa shape index (κ1) is 10.4. The lowest BCUT2D eigenvalue weighted by Crippen LogP contribution is -2.46. The van der Waals surface area contributed by atoms with Gasteiger partial charge < -0.3 is 10.0 Å². The molecule has 2 rings (SSSR count). The Balaban J connectivity index is 1.96. The number of aliphatic hydroxyl groups is 1. The highest BCUT2D eigenvalue weighted by atomic mass is 16.3. The van der Waals surface area contributed by atoms with Crippen LogP contribution in [0.15, 0.2) is 0 Å². The van der Waals surface area contributed by atoms with Gasteiger partial charge in [-0.1, -0.05) is 19.3 Å². The van der Waals surface area contributed by atoms with E-state index in [0.717, 1.165) is 6.42 Å². The van der Waals surface area contributed by atoms with Crippen molar-refractivity contribution in [2.45, 2.75) is 57.1 Å². The monoisotopic (exact) mass is 197 g/mol. The highest BCUT2D eigenvalue weighted by Gasteiger charge is 2.33. The Morgan fingerprint density at radius 1 is 1.00 bits per heavy atom. The first-order chi connectivity index (χ1) is 6.79. The van der Waals surface area contributed by atoms with E-state index in [2.05, 4.69) is 11.9 Å². The molecule has 14 heavy (non-hydrogen) atoms. The standard InChI is InChI=1S/C12H23NO/c1-13-9-5-4-7-11(13)10-6-2-3-8-12(10)14/h10-12,14H,2-9H2,1H3. The second-order valence-electron chi connectivity index (χ2n) is 5.06. The maximum Gasteiger partial charge on any atom is 0.0583 e. The van der Waals surface area contributed by atoms with Gasteiger partial charge in [-0.05, 0) is 39.3 Å². The zero-order valence-corrected chi connectivity index (χ0v) is 9.28. The van der Waals surface area contributed by atoms with Crippen LogP contribution in [-0.4, -0.2) is 35.7 Å². The second kappa shape index (κ2) is 4.63. The highest BCUT2D eigenvalue weighted by Crippen LogP contribution is 2.33. The van der Waals surface area contributed by atoms with Crippen LogP contribution in [0, 0.1) is 5.92 Å². The van der Waals surface area contributed by atoms with E-state index >= 15 is 0 Å². The molecule has 1 heterocycles. The van der Waals surface area contributed by atoms with Crippen molar-refractivity contribution in [3.8, 4) is 0 Å². The molecule has 0 aromatic rings. The van der Waals surface area contributed by atoms with Gasteiger partial charge in [-0.25, -0.2) is 0 Å². The fraction of sp³-hybridized carbons (Fsp3) is 1.00. The van der Waals surface area contributed by atoms with E-state index in [0.29, 0.717) is 12.0 Å². The number of hydrogen-bond acceptors (Lipinski definition) is 2. The largest absolute Gasteiger partial charge is 0.393 e. The molecule has 0 aromatic carbocycles. The molecular formula is C12H23NO. The van der Waals surface area contributed by atoms with Gasteiger partial charge in [0.2, 0.25) is 0 Å². The summed E-state index contributed by atoms with van der Waals surface area (Å²) in [6, 6.07) is 0.666. The van der Waals surface area contributed by atoms with Crippen molar-refractivity contribution in [1.82, 2.24) is 4.90 Å². The molecule has 3 atom stereocenters. The highest BCUT2D eigenvalue weighted by molar-refractivity contribution is 4.87. The predicted molar refractivity (Wildman–Crippen MR) is 58.2 cm³/mol. The topological polar surface area (TPSA) is 23.5 Å². The van der Waals surface area contributed by atoms with Crippen molar-refractivity contribution >= 4 is 0 Å². The molecule has 2 nitrogen and oxygen atoms in total. The molecular weight excluding hydrogens is 174 g/mol. The molecule has 0 amide bonds. The number of rotatable bonds is 1. The third-order valence-corrected chi connectivity index (χ3v) is 4.10. The second-order valence-corrected chi connectivity index (χ2v) is 5.06. The Kier molecular flexibility index (Phi) is 3.45. The molecule has 1 saturated heterocycles. The van der Waals surface area contributed by atoms with Crippen molar-refractivity contribution in [2.75, 3.05) is 13.6 Å². The molecule has 0 spiro atoms. The van der Waals surface area contributed by atoms with Crippen molar-refractivity contribution in [3.63, 3.8) is 0 Å². The molecule has 0 bridgehead atoms. The van der Waals surface area contributed by atoms with E-state index in [4.69, 9.17) is 0 Å². The molecule has 0 radical (unpaired) electrons. The molecule has 3 unspecified atom stereocenters. The van der Waals surface area contributed by atoms with Crippen molar-refractivity contribution in [2.24, 2.45) is 5.92 Å². The first-order valence-corrected chi connectivity index (χ1v) is 6.17. The molecule has 0 aromatic heterocycles. The molecule has 2 fully saturated rings. The fourth-order valence-corrected chi connectivity index (χ4v) is 3.23. The maximum atomic E-state index is 10.0. The van der Waals surface area contributed by atoms with Crippen LogP contribution in [0.2, 0.25) is 0 Å². The molecule has 1 aliphatic heterocycles. The van der Waals surface area contributed by atoms with Gasteiger partial charge in [-0.3, -0.25) is 0 Å². The SMILES string of the molecule is CN1CCCCC1C1CCCCC1O. The Morgan fingerprint density at radius 3 is 2.43 bits per heavy atom. The van der Waals surface area contributed by atoms with Crippen LogP contribution in [-0.2, 0) is 0 Å². The van der Waals surface area contributed by atoms with Gasteiger partial charge in [-0.2, -0.15) is 0 Å². The summed E-state index contributed by atoms with van der Waals surface area (Å²) in [5.41, 5.74) is 0. The van der Waals surface area contributed by atoms with Crippen molar-refractivity contribution < 1.29 is 5.11 Å². The van der Waals surface area contributed by atoms with Crippen LogP contribution in [0.1, 0.15) is 44.9 Å². The van der Waals surface area contributed by atoms with Crippen LogP contribution in [0.25, 0.3) is 0 Å². The van der Waals surface area contributed by atoms with Gasteiger partial charge in [0.05, 0.1) is 6.10 Å². The Bertz CT molecular complexity index is 163. The molecule has 1 aliphatic carbocycles. The lowest BCUT2D eigenvalue weighted by molar-refractivity contribution is 0.00374. The van der Waals surface area contributed by atoms with Gasteiger partial charge in [0, 0.05) is 12.0 Å². The minimum atomic E-state index is -0.0192. The van der Waals surface area contributed by atoms with Gasteiger partial charge in [0.15, 0.2) is 0 Å². The zero-order valence-electron chi connectivity index (χ0n) is 9.28. The summed E-state index contributed by atoms with van der Waals surface area (Å²) in [6.45, 7) is 1.23. The summed E-state index contributed by atoms with van der Waals surface area (Å²) in [5.74, 6) is 0.564. The van der Waals surface area contributed by atoms with Crippen molar-refractivity contribution in [1.29, 1.82) is 0 Å². The number of aliphatic hydroxyl groups excluding tert-OH is 1. The fourth-order valence-electron chi connectivity index (χ4n) is 3.23. The Hall–Kier alpha value is -0.0800. The van der Waals surface area contributed by atoms with Crippen LogP contribution in [0.5, 0.6) is 0 Å². The number of piperidine rings is 1. The third kappa shape index (κ3) is 2.12. The summed E-state index contributed by atoms with van der Waals surface area (Å²) >= 11 is 0. The molecule has 2 heteroatoms. The maximum absolute atomic E-state index is 10.0. The summed E-state index contributed by atoms with van der Waals surface area (Å²) in [7, 11) is 2.23. The quantitative estimate of drug-likeness (QED) is 0.695. The van der Waals surface area contributed by atoms with E-state index in [1.165, 1.54) is 45.1 Å². The van der Waals surface area contributed by atoms with Crippen molar-refractivity contribution in [3.05, 3.63) is 0 Å². The molecule has 1 N–H and O–H groups in total. The van der Waals surface area contributed by atoms with Crippen LogP contribution < -0.4 is 0 Å². The summed E-state index contributed by atoms with van der Waals surface area (Å²) in [5, 5.41) is 10.0. The van der Waals surface area contributed by atoms with E-state index in [1.54, 1.807) is 0 Å². The first-order valence-electron chi connectivity index (χ1n) is 6.17. The normalized spacial score (nSPS) is 41.1. The van der Waals surface area contributed by atoms with Gasteiger partial charge in [-0.15, -0.1) is 0 Å². The molecule has 1 saturated carbocycles. The summed E-state index contributed by atoms with van der Waals surface area (Å²) < 4.78 is 0. The average Bonchev–Trinajstić information content (AvgIpc) is 2.20. The third-order valence-electron chi connectivity index (χ3n) is 4.10. The molecule has 82 valence electrons. The number of hydrogen-bond donors (Lipinski definition) is 1. The lowest BCUT2D eigenvalue weighted by atomic mass is 9.78. The summed E-state index contributed by atoms with van der Waals surface area (Å²) in [6.07, 6.45) is 8.83. The van der Waals surface area contributed by atoms with E-state index in [-0.39, 0.29) is 6.10 Å². The van der Waals surface area contributed by atoms with E-state index in [9.17, 15) is 5.11 Å². The lowest BCUT2D eigenvalue weighted by Gasteiger charge is -2.42. The van der Waals surface area contributed by atoms with E-state index in [1.807, 2.05) is 0 Å². The van der Waals surface area contributed by atoms with Crippen LogP contribution >= 0.6 is 0 Å². The minimum Gasteiger partial charge on any atom is -0.393 e. The zero-order chi connectivity index (χ0) is 9.97. The van der Waals surface area contributed by atoms with E-state index < -0.39 is 0 Å². The van der Waals surface area contributed by atoms with Gasteiger partial charge in [0.1, 0.15) is 0 Å². The Labute approximate surface area is 87.3 Å². The van der Waals surface area contributed by atoms with Crippen LogP contribution in [0.3, 0.4) is 0 Å². The number of likely N-dealkylation sites (tertiary alicyclic amines) is 1. The Morgan fingerprint density at radius 2 is 1.71 bits per heavy atom. The molecule has 2 aliphatic rings. The van der Waals surface area contributed by atoms with Gasteiger partial charge in [0.25, 0.3) is 0 Å². The summed E-state index contributed by atoms with van der Waals surface area (Å²) in [4.78, 5) is 2.47. The smallest absolute Gasteiger partial charge is 0.0583 e. The minimum absolute atomic E-state index is 0.0192. The number of nitrogens with zero attached hydrogens (tertiary/aromatic N) is 1.